The molecule has 0 fully saturated rings. The van der Waals surface area contributed by atoms with E-state index >= 15 is 0 Å². The second-order valence-electron chi connectivity index (χ2n) is 3.41. The van der Waals surface area contributed by atoms with E-state index in [-0.39, 0.29) is 5.41 Å². The highest BCUT2D eigenvalue weighted by Gasteiger charge is 2.19. The van der Waals surface area contributed by atoms with Crippen molar-refractivity contribution in [1.29, 1.82) is 0 Å². The van der Waals surface area contributed by atoms with Crippen molar-refractivity contribution in [2.45, 2.75) is 26.2 Å². The maximum atomic E-state index is 4.86. The van der Waals surface area contributed by atoms with E-state index in [1.807, 2.05) is 20.8 Å². The van der Waals surface area contributed by atoms with Crippen LogP contribution in [0, 0.1) is 0 Å². The lowest BCUT2D eigenvalue weighted by molar-refractivity contribution is 0.387. The summed E-state index contributed by atoms with van der Waals surface area (Å²) in [6.45, 7) is 9.63. The van der Waals surface area contributed by atoms with Crippen molar-refractivity contribution in [3.8, 4) is 0 Å². The van der Waals surface area contributed by atoms with Gasteiger partial charge in [-0.15, -0.1) is 0 Å². The lowest BCUT2D eigenvalue weighted by Crippen LogP contribution is -2.13. The molecule has 1 rings (SSSR count). The maximum absolute atomic E-state index is 4.86. The van der Waals surface area contributed by atoms with Gasteiger partial charge < -0.3 is 4.52 Å². The summed E-state index contributed by atoms with van der Waals surface area (Å²) < 4.78 is 4.86. The summed E-state index contributed by atoms with van der Waals surface area (Å²) in [6, 6.07) is 0. The Labute approximate surface area is 66.1 Å². The van der Waals surface area contributed by atoms with Crippen LogP contribution < -0.4 is 0 Å². The smallest absolute Gasteiger partial charge is 0.250 e. The summed E-state index contributed by atoms with van der Waals surface area (Å²) in [4.78, 5) is 4.10. The Morgan fingerprint density at radius 1 is 1.45 bits per heavy atom. The van der Waals surface area contributed by atoms with Crippen LogP contribution in [0.3, 0.4) is 0 Å². The van der Waals surface area contributed by atoms with Gasteiger partial charge in [0.2, 0.25) is 5.89 Å². The molecular weight excluding hydrogens is 140 g/mol. The molecule has 60 valence electrons. The van der Waals surface area contributed by atoms with Gasteiger partial charge in [0.1, 0.15) is 0 Å². The van der Waals surface area contributed by atoms with Gasteiger partial charge in [-0.25, -0.2) is 0 Å². The van der Waals surface area contributed by atoms with Crippen molar-refractivity contribution in [2.24, 2.45) is 0 Å². The van der Waals surface area contributed by atoms with Crippen LogP contribution in [0.1, 0.15) is 32.5 Å². The normalized spacial score (nSPS) is 11.5. The molecule has 0 aromatic carbocycles. The molecule has 0 N–H and O–H groups in total. The molecule has 3 nitrogen and oxygen atoms in total. The largest absolute Gasteiger partial charge is 0.335 e. The molecule has 0 aliphatic rings. The van der Waals surface area contributed by atoms with Crippen molar-refractivity contribution in [1.82, 2.24) is 10.1 Å². The molecule has 1 heterocycles. The van der Waals surface area contributed by atoms with Crippen LogP contribution in [0.4, 0.5) is 0 Å². The van der Waals surface area contributed by atoms with Gasteiger partial charge in [-0.1, -0.05) is 32.5 Å². The van der Waals surface area contributed by atoms with E-state index in [0.717, 1.165) is 0 Å². The highest BCUT2D eigenvalue weighted by molar-refractivity contribution is 5.33. The number of hydrogen-bond donors (Lipinski definition) is 0. The highest BCUT2D eigenvalue weighted by atomic mass is 16.5. The minimum absolute atomic E-state index is 0.0508. The Balaban J connectivity index is 2.98. The van der Waals surface area contributed by atoms with Gasteiger partial charge in [0, 0.05) is 5.41 Å². The fourth-order valence-electron chi connectivity index (χ4n) is 0.623. The molecule has 11 heavy (non-hydrogen) atoms. The molecule has 3 heteroatoms. The Hall–Kier alpha value is -1.12. The Kier molecular flexibility index (Phi) is 1.81. The highest BCUT2D eigenvalue weighted by Crippen LogP contribution is 2.18. The van der Waals surface area contributed by atoms with E-state index < -0.39 is 0 Å². The molecule has 0 aliphatic carbocycles. The number of hydrogen-bond acceptors (Lipinski definition) is 3. The molecule has 1 aromatic heterocycles. The van der Waals surface area contributed by atoms with Gasteiger partial charge in [-0.2, -0.15) is 4.98 Å². The van der Waals surface area contributed by atoms with Crippen molar-refractivity contribution in [2.75, 3.05) is 0 Å². The van der Waals surface area contributed by atoms with Crippen molar-refractivity contribution < 1.29 is 4.52 Å². The molecule has 0 amide bonds. The van der Waals surface area contributed by atoms with E-state index in [2.05, 4.69) is 16.7 Å². The summed E-state index contributed by atoms with van der Waals surface area (Å²) in [5, 5.41) is 3.80. The summed E-state index contributed by atoms with van der Waals surface area (Å²) in [5.41, 5.74) is -0.0508. The first kappa shape index (κ1) is 7.98. The van der Waals surface area contributed by atoms with Gasteiger partial charge in [0.15, 0.2) is 5.82 Å². The standard InChI is InChI=1S/C8H12N2O/c1-5-6-9-7(10-11-6)8(2,3)4/h5H,1H2,2-4H3. The third kappa shape index (κ3) is 1.67. The molecule has 0 spiro atoms. The van der Waals surface area contributed by atoms with Crippen molar-refractivity contribution in [3.05, 3.63) is 18.3 Å². The van der Waals surface area contributed by atoms with Crippen LogP contribution in [0.2, 0.25) is 0 Å². The van der Waals surface area contributed by atoms with Gasteiger partial charge in [-0.05, 0) is 6.08 Å². The number of rotatable bonds is 1. The fraction of sp³-hybridized carbons (Fsp3) is 0.500. The van der Waals surface area contributed by atoms with E-state index in [1.165, 1.54) is 0 Å². The van der Waals surface area contributed by atoms with Crippen LogP contribution in [0.15, 0.2) is 11.1 Å². The number of nitrogens with zero attached hydrogens (tertiary/aromatic N) is 2. The first-order valence-corrected chi connectivity index (χ1v) is 3.50. The third-order valence-corrected chi connectivity index (χ3v) is 1.29. The first-order chi connectivity index (χ1) is 5.04. The van der Waals surface area contributed by atoms with E-state index in [4.69, 9.17) is 4.52 Å². The predicted octanol–water partition coefficient (Wildman–Crippen LogP) is 2.01. The van der Waals surface area contributed by atoms with Crippen LogP contribution in [-0.4, -0.2) is 10.1 Å². The average molecular weight is 152 g/mol. The monoisotopic (exact) mass is 152 g/mol. The lowest BCUT2D eigenvalue weighted by atomic mass is 9.96. The van der Waals surface area contributed by atoms with E-state index in [0.29, 0.717) is 11.7 Å². The van der Waals surface area contributed by atoms with Crippen LogP contribution in [-0.2, 0) is 5.41 Å². The molecule has 0 radical (unpaired) electrons. The lowest BCUT2D eigenvalue weighted by Gasteiger charge is -2.10. The quantitative estimate of drug-likeness (QED) is 0.617. The molecule has 0 bridgehead atoms. The second-order valence-corrected chi connectivity index (χ2v) is 3.41. The molecule has 0 aliphatic heterocycles. The van der Waals surface area contributed by atoms with Crippen LogP contribution >= 0.6 is 0 Å². The third-order valence-electron chi connectivity index (χ3n) is 1.29. The summed E-state index contributed by atoms with van der Waals surface area (Å²) >= 11 is 0. The first-order valence-electron chi connectivity index (χ1n) is 3.50. The molecule has 0 saturated carbocycles. The zero-order chi connectivity index (χ0) is 8.48. The second kappa shape index (κ2) is 2.49. The van der Waals surface area contributed by atoms with Crippen LogP contribution in [0.5, 0.6) is 0 Å². The fourth-order valence-corrected chi connectivity index (χ4v) is 0.623. The zero-order valence-electron chi connectivity index (χ0n) is 7.09. The SMILES string of the molecule is C=Cc1nc(C(C)(C)C)no1. The Morgan fingerprint density at radius 2 is 2.09 bits per heavy atom. The van der Waals surface area contributed by atoms with Gasteiger partial charge >= 0.3 is 0 Å². The molecule has 0 atom stereocenters. The average Bonchev–Trinajstić information content (AvgIpc) is 2.32. The van der Waals surface area contributed by atoms with Gasteiger partial charge in [0.05, 0.1) is 0 Å². The van der Waals surface area contributed by atoms with E-state index in [1.54, 1.807) is 6.08 Å². The minimum Gasteiger partial charge on any atom is -0.335 e. The summed E-state index contributed by atoms with van der Waals surface area (Å²) in [5.74, 6) is 1.20. The van der Waals surface area contributed by atoms with Crippen molar-refractivity contribution in [3.63, 3.8) is 0 Å². The molecule has 0 unspecified atom stereocenters. The van der Waals surface area contributed by atoms with Gasteiger partial charge in [-0.3, -0.25) is 0 Å². The number of aromatic nitrogens is 2. The minimum atomic E-state index is -0.0508. The van der Waals surface area contributed by atoms with Crippen LogP contribution in [0.25, 0.3) is 6.08 Å². The zero-order valence-corrected chi connectivity index (χ0v) is 7.09. The molecular formula is C8H12N2O. The molecule has 0 saturated heterocycles. The van der Waals surface area contributed by atoms with Gasteiger partial charge in [0.25, 0.3) is 0 Å². The van der Waals surface area contributed by atoms with E-state index in [9.17, 15) is 0 Å². The summed E-state index contributed by atoms with van der Waals surface area (Å²) in [7, 11) is 0. The predicted molar refractivity (Wildman–Crippen MR) is 43.1 cm³/mol. The van der Waals surface area contributed by atoms with Crippen molar-refractivity contribution >= 4 is 6.08 Å². The maximum Gasteiger partial charge on any atom is 0.250 e. The Morgan fingerprint density at radius 3 is 2.36 bits per heavy atom. The molecule has 1 aromatic rings. The Bertz CT molecular complexity index is 257. The summed E-state index contributed by atoms with van der Waals surface area (Å²) in [6.07, 6.45) is 1.54. The topological polar surface area (TPSA) is 38.9 Å².